The standard InChI is InChI=1S/C18H19ClN5O3/c1-9-10(2)24-14-15(21(3)18(26)22(4)16(14)25)20-17(24)23(9)12-8-11(19)6-7-13(12)27-5/h6-8,14H,1-5H3/q+1. The third kappa shape index (κ3) is 2.22. The second-order valence-electron chi connectivity index (χ2n) is 6.60. The molecule has 0 spiro atoms. The molecule has 4 rings (SSSR count). The molecule has 8 nitrogen and oxygen atoms in total. The second kappa shape index (κ2) is 5.82. The van der Waals surface area contributed by atoms with E-state index in [4.69, 9.17) is 16.3 Å². The summed E-state index contributed by atoms with van der Waals surface area (Å²) in [6, 6.07) is 4.26. The highest BCUT2D eigenvalue weighted by molar-refractivity contribution is 6.30. The molecule has 1 saturated heterocycles. The van der Waals surface area contributed by atoms with Gasteiger partial charge in [-0.25, -0.2) is 9.36 Å². The number of likely N-dealkylation sites (N-methyl/N-ethyl adjacent to an activating group) is 2. The topological polar surface area (TPSA) is 71.0 Å². The van der Waals surface area contributed by atoms with Crippen molar-refractivity contribution in [3.05, 3.63) is 34.6 Å². The number of methoxy groups -OCH3 is 1. The average molecular weight is 389 g/mol. The SMILES string of the molecule is COc1ccc(Cl)cc1-n1c(C)c(C)[n+]2c1N=C1C2C(=O)N(C)C(=O)N1C. The Hall–Kier alpha value is -2.87. The Morgan fingerprint density at radius 3 is 2.56 bits per heavy atom. The number of nitrogens with zero attached hydrogens (tertiary/aromatic N) is 5. The number of aromatic nitrogens is 2. The summed E-state index contributed by atoms with van der Waals surface area (Å²) < 4.78 is 9.25. The molecule has 27 heavy (non-hydrogen) atoms. The van der Waals surface area contributed by atoms with Crippen molar-refractivity contribution in [2.45, 2.75) is 19.9 Å². The molecule has 1 fully saturated rings. The third-order valence-electron chi connectivity index (χ3n) is 5.22. The van der Waals surface area contributed by atoms with E-state index in [1.54, 1.807) is 32.4 Å². The van der Waals surface area contributed by atoms with Gasteiger partial charge in [-0.2, -0.15) is 4.57 Å². The molecular formula is C18H19ClN5O3+. The lowest BCUT2D eigenvalue weighted by molar-refractivity contribution is -0.682. The van der Waals surface area contributed by atoms with Gasteiger partial charge in [0.1, 0.15) is 11.4 Å². The van der Waals surface area contributed by atoms with Crippen LogP contribution in [0.4, 0.5) is 10.7 Å². The zero-order valence-electron chi connectivity index (χ0n) is 15.6. The van der Waals surface area contributed by atoms with Crippen LogP contribution >= 0.6 is 11.6 Å². The number of amidine groups is 1. The van der Waals surface area contributed by atoms with Crippen LogP contribution in [0.25, 0.3) is 5.69 Å². The summed E-state index contributed by atoms with van der Waals surface area (Å²) in [6.45, 7) is 3.87. The maximum absolute atomic E-state index is 12.8. The fourth-order valence-corrected chi connectivity index (χ4v) is 3.81. The molecule has 2 aliphatic rings. The van der Waals surface area contributed by atoms with Crippen LogP contribution in [0.1, 0.15) is 17.4 Å². The number of imidazole rings is 1. The molecule has 1 atom stereocenters. The van der Waals surface area contributed by atoms with Crippen LogP contribution < -0.4 is 9.30 Å². The predicted molar refractivity (Wildman–Crippen MR) is 99.1 cm³/mol. The van der Waals surface area contributed by atoms with Crippen molar-refractivity contribution in [2.75, 3.05) is 21.2 Å². The lowest BCUT2D eigenvalue weighted by Crippen LogP contribution is -2.62. The van der Waals surface area contributed by atoms with Gasteiger partial charge in [0.25, 0.3) is 5.91 Å². The van der Waals surface area contributed by atoms with Crippen LogP contribution in [0.2, 0.25) is 5.02 Å². The van der Waals surface area contributed by atoms with Crippen molar-refractivity contribution in [2.24, 2.45) is 4.99 Å². The number of aliphatic imine (C=N–C) groups is 1. The summed E-state index contributed by atoms with van der Waals surface area (Å²) in [7, 11) is 4.69. The zero-order chi connectivity index (χ0) is 19.6. The number of imide groups is 1. The van der Waals surface area contributed by atoms with Gasteiger partial charge >= 0.3 is 12.0 Å². The van der Waals surface area contributed by atoms with Crippen LogP contribution in [-0.2, 0) is 4.79 Å². The van der Waals surface area contributed by atoms with Gasteiger partial charge < -0.3 is 4.74 Å². The Morgan fingerprint density at radius 2 is 1.89 bits per heavy atom. The minimum atomic E-state index is -0.669. The van der Waals surface area contributed by atoms with Crippen molar-refractivity contribution >= 4 is 35.3 Å². The fraction of sp³-hybridized carbons (Fsp3) is 0.333. The molecule has 9 heteroatoms. The number of fused-ring (bicyclic) bond motifs is 3. The minimum absolute atomic E-state index is 0.307. The van der Waals surface area contributed by atoms with Gasteiger partial charge in [0.15, 0.2) is 11.4 Å². The first-order chi connectivity index (χ1) is 12.8. The number of rotatable bonds is 2. The van der Waals surface area contributed by atoms with E-state index >= 15 is 0 Å². The molecule has 1 unspecified atom stereocenters. The first-order valence-corrected chi connectivity index (χ1v) is 8.77. The molecule has 0 aliphatic carbocycles. The maximum Gasteiger partial charge on any atom is 0.407 e. The molecule has 0 N–H and O–H groups in total. The molecule has 3 heterocycles. The van der Waals surface area contributed by atoms with E-state index < -0.39 is 12.1 Å². The molecule has 2 aliphatic heterocycles. The number of halogens is 1. The van der Waals surface area contributed by atoms with E-state index in [2.05, 4.69) is 4.99 Å². The molecule has 140 valence electrons. The first kappa shape index (κ1) is 17.5. The number of carbonyl (C=O) groups excluding carboxylic acids is 2. The summed E-state index contributed by atoms with van der Waals surface area (Å²) in [4.78, 5) is 32.3. The average Bonchev–Trinajstić information content (AvgIpc) is 3.14. The molecule has 2 aromatic rings. The number of hydrogen-bond donors (Lipinski definition) is 0. The van der Waals surface area contributed by atoms with Crippen LogP contribution in [0.5, 0.6) is 5.75 Å². The number of benzene rings is 1. The normalized spacial score (nSPS) is 18.6. The molecule has 0 bridgehead atoms. The van der Waals surface area contributed by atoms with Gasteiger partial charge in [0.05, 0.1) is 7.11 Å². The van der Waals surface area contributed by atoms with E-state index in [1.165, 1.54) is 11.9 Å². The van der Waals surface area contributed by atoms with Gasteiger partial charge in [-0.05, 0) is 26.0 Å². The summed E-state index contributed by atoms with van der Waals surface area (Å²) in [5.74, 6) is 1.28. The highest BCUT2D eigenvalue weighted by atomic mass is 35.5. The van der Waals surface area contributed by atoms with Crippen molar-refractivity contribution in [1.29, 1.82) is 0 Å². The highest BCUT2D eigenvalue weighted by Gasteiger charge is 2.53. The Bertz CT molecular complexity index is 1040. The Morgan fingerprint density at radius 1 is 1.19 bits per heavy atom. The van der Waals surface area contributed by atoms with E-state index in [9.17, 15) is 9.59 Å². The first-order valence-electron chi connectivity index (χ1n) is 8.39. The monoisotopic (exact) mass is 388 g/mol. The van der Waals surface area contributed by atoms with Gasteiger partial charge in [-0.1, -0.05) is 16.6 Å². The summed E-state index contributed by atoms with van der Waals surface area (Å²) in [5, 5.41) is 0.557. The molecular weight excluding hydrogens is 370 g/mol. The molecule has 0 saturated carbocycles. The van der Waals surface area contributed by atoms with E-state index in [0.29, 0.717) is 22.6 Å². The highest BCUT2D eigenvalue weighted by Crippen LogP contribution is 2.36. The zero-order valence-corrected chi connectivity index (χ0v) is 16.4. The van der Waals surface area contributed by atoms with Crippen molar-refractivity contribution in [3.63, 3.8) is 0 Å². The summed E-state index contributed by atoms with van der Waals surface area (Å²) in [6.07, 6.45) is 0. The number of ether oxygens (including phenoxy) is 1. The van der Waals surface area contributed by atoms with Crippen molar-refractivity contribution in [3.8, 4) is 11.4 Å². The van der Waals surface area contributed by atoms with Crippen LogP contribution in [0.3, 0.4) is 0 Å². The van der Waals surface area contributed by atoms with Crippen LogP contribution in [0, 0.1) is 13.8 Å². The van der Waals surface area contributed by atoms with Crippen molar-refractivity contribution in [1.82, 2.24) is 14.4 Å². The summed E-state index contributed by atoms with van der Waals surface area (Å²) >= 11 is 6.22. The van der Waals surface area contributed by atoms with Crippen LogP contribution in [0.15, 0.2) is 23.2 Å². The van der Waals surface area contributed by atoms with Crippen LogP contribution in [-0.4, -0.2) is 53.3 Å². The molecule has 3 amide bonds. The Kier molecular flexibility index (Phi) is 3.78. The van der Waals surface area contributed by atoms with Gasteiger partial charge in [-0.3, -0.25) is 14.6 Å². The summed E-state index contributed by atoms with van der Waals surface area (Å²) in [5.41, 5.74) is 2.50. The van der Waals surface area contributed by atoms with E-state index in [-0.39, 0.29) is 5.91 Å². The lowest BCUT2D eigenvalue weighted by atomic mass is 10.1. The predicted octanol–water partition coefficient (Wildman–Crippen LogP) is 2.15. The number of hydrogen-bond acceptors (Lipinski definition) is 4. The van der Waals surface area contributed by atoms with E-state index in [1.807, 2.05) is 23.0 Å². The van der Waals surface area contributed by atoms with E-state index in [0.717, 1.165) is 22.0 Å². The van der Waals surface area contributed by atoms with Crippen molar-refractivity contribution < 1.29 is 18.9 Å². The fourth-order valence-electron chi connectivity index (χ4n) is 3.64. The molecule has 1 aromatic carbocycles. The van der Waals surface area contributed by atoms with Gasteiger partial charge in [0, 0.05) is 25.2 Å². The smallest absolute Gasteiger partial charge is 0.407 e. The number of amides is 3. The maximum atomic E-state index is 12.8. The second-order valence-corrected chi connectivity index (χ2v) is 7.04. The van der Waals surface area contributed by atoms with Gasteiger partial charge in [-0.15, -0.1) is 0 Å². The Labute approximate surface area is 161 Å². The minimum Gasteiger partial charge on any atom is -0.493 e. The third-order valence-corrected chi connectivity index (χ3v) is 5.45. The molecule has 0 radical (unpaired) electrons. The lowest BCUT2D eigenvalue weighted by Gasteiger charge is -2.30. The molecule has 1 aromatic heterocycles. The number of carbonyl (C=O) groups is 2. The quantitative estimate of drug-likeness (QED) is 0.740. The largest absolute Gasteiger partial charge is 0.493 e. The number of urea groups is 1. The van der Waals surface area contributed by atoms with Gasteiger partial charge in [0.2, 0.25) is 11.9 Å². The Balaban J connectivity index is 2.01.